The van der Waals surface area contributed by atoms with E-state index in [1.165, 1.54) is 17.7 Å². The van der Waals surface area contributed by atoms with Crippen LogP contribution < -0.4 is 8.92 Å². The molecule has 0 N–H and O–H groups in total. The van der Waals surface area contributed by atoms with E-state index in [-0.39, 0.29) is 16.7 Å². The van der Waals surface area contributed by atoms with Crippen LogP contribution in [0.5, 0.6) is 11.5 Å². The summed E-state index contributed by atoms with van der Waals surface area (Å²) >= 11 is 0. The second-order valence-electron chi connectivity index (χ2n) is 7.36. The van der Waals surface area contributed by atoms with Crippen LogP contribution in [-0.2, 0) is 21.4 Å². The average Bonchev–Trinajstić information content (AvgIpc) is 2.81. The highest BCUT2D eigenvalue weighted by atomic mass is 32.2. The lowest BCUT2D eigenvalue weighted by atomic mass is 10.1. The van der Waals surface area contributed by atoms with Crippen molar-refractivity contribution in [2.75, 3.05) is 26.8 Å². The van der Waals surface area contributed by atoms with Crippen molar-refractivity contribution in [1.82, 2.24) is 4.90 Å². The molecule has 6 nitrogen and oxygen atoms in total. The van der Waals surface area contributed by atoms with E-state index in [2.05, 4.69) is 17.0 Å². The number of methoxy groups -OCH3 is 1. The van der Waals surface area contributed by atoms with Gasteiger partial charge in [0, 0.05) is 19.6 Å². The van der Waals surface area contributed by atoms with Crippen molar-refractivity contribution in [2.45, 2.75) is 17.5 Å². The summed E-state index contributed by atoms with van der Waals surface area (Å²) in [7, 11) is -2.19. The van der Waals surface area contributed by atoms with Gasteiger partial charge >= 0.3 is 10.1 Å². The fourth-order valence-electron chi connectivity index (χ4n) is 3.54. The molecule has 1 atom stereocenters. The molecule has 4 rings (SSSR count). The minimum Gasteiger partial charge on any atom is -0.497 e. The normalized spacial score (nSPS) is 17.3. The molecule has 1 aliphatic rings. The van der Waals surface area contributed by atoms with E-state index >= 15 is 0 Å². The topological polar surface area (TPSA) is 65.1 Å². The fraction of sp³-hybridized carbons (Fsp3) is 0.250. The zero-order chi connectivity index (χ0) is 21.7. The predicted octanol–water partition coefficient (Wildman–Crippen LogP) is 4.04. The number of hydrogen-bond donors (Lipinski definition) is 0. The highest BCUT2D eigenvalue weighted by Crippen LogP contribution is 2.26. The van der Waals surface area contributed by atoms with Gasteiger partial charge in [0.15, 0.2) is 0 Å². The third kappa shape index (κ3) is 5.44. The van der Waals surface area contributed by atoms with Crippen LogP contribution in [0.1, 0.15) is 17.2 Å². The van der Waals surface area contributed by atoms with E-state index in [0.29, 0.717) is 6.61 Å². The third-order valence-corrected chi connectivity index (χ3v) is 6.47. The molecule has 31 heavy (non-hydrogen) atoms. The molecule has 1 heterocycles. The monoisotopic (exact) mass is 439 g/mol. The maximum absolute atomic E-state index is 12.4. The van der Waals surface area contributed by atoms with Crippen LogP contribution in [0.25, 0.3) is 0 Å². The molecule has 0 unspecified atom stereocenters. The Bertz CT molecular complexity index is 1080. The summed E-state index contributed by atoms with van der Waals surface area (Å²) in [5.41, 5.74) is 2.21. The van der Waals surface area contributed by atoms with E-state index in [4.69, 9.17) is 13.7 Å². The van der Waals surface area contributed by atoms with Crippen molar-refractivity contribution < 1.29 is 22.1 Å². The Morgan fingerprint density at radius 2 is 1.61 bits per heavy atom. The summed E-state index contributed by atoms with van der Waals surface area (Å²) in [5, 5.41) is 0. The molecule has 0 radical (unpaired) electrons. The first-order chi connectivity index (χ1) is 15.0. The van der Waals surface area contributed by atoms with Gasteiger partial charge in [0.2, 0.25) is 0 Å². The molecule has 3 aromatic carbocycles. The zero-order valence-corrected chi connectivity index (χ0v) is 18.1. The Kier molecular flexibility index (Phi) is 6.56. The van der Waals surface area contributed by atoms with Crippen LogP contribution in [0.4, 0.5) is 0 Å². The minimum absolute atomic E-state index is 0.0771. The van der Waals surface area contributed by atoms with Gasteiger partial charge in [-0.2, -0.15) is 8.42 Å². The van der Waals surface area contributed by atoms with E-state index in [0.717, 1.165) is 30.9 Å². The first kappa shape index (κ1) is 21.4. The van der Waals surface area contributed by atoms with Gasteiger partial charge < -0.3 is 13.7 Å². The maximum Gasteiger partial charge on any atom is 0.339 e. The highest BCUT2D eigenvalue weighted by Gasteiger charge is 2.23. The molecule has 0 spiro atoms. The molecule has 3 aromatic rings. The van der Waals surface area contributed by atoms with Crippen molar-refractivity contribution >= 4 is 10.1 Å². The molecule has 0 amide bonds. The minimum atomic E-state index is -3.85. The fourth-order valence-corrected chi connectivity index (χ4v) is 4.49. The van der Waals surface area contributed by atoms with Crippen LogP contribution in [0, 0.1) is 0 Å². The number of benzene rings is 3. The molecule has 0 aromatic heterocycles. The van der Waals surface area contributed by atoms with Gasteiger partial charge in [0.25, 0.3) is 0 Å². The quantitative estimate of drug-likeness (QED) is 0.518. The Morgan fingerprint density at radius 1 is 0.935 bits per heavy atom. The summed E-state index contributed by atoms with van der Waals surface area (Å²) < 4.78 is 41.2. The second-order valence-corrected chi connectivity index (χ2v) is 8.91. The van der Waals surface area contributed by atoms with E-state index in [9.17, 15) is 8.42 Å². The van der Waals surface area contributed by atoms with Crippen LogP contribution in [-0.4, -0.2) is 40.1 Å². The van der Waals surface area contributed by atoms with Crippen molar-refractivity contribution in [3.05, 3.63) is 90.0 Å². The van der Waals surface area contributed by atoms with Crippen molar-refractivity contribution in [3.8, 4) is 11.5 Å². The van der Waals surface area contributed by atoms with Gasteiger partial charge in [-0.1, -0.05) is 42.5 Å². The van der Waals surface area contributed by atoms with Gasteiger partial charge in [0.05, 0.1) is 19.8 Å². The first-order valence-electron chi connectivity index (χ1n) is 10.1. The SMILES string of the molecule is COc1ccc(CN2CCO[C@@H](c3ccc(OS(=O)(=O)c4ccccc4)cc3)C2)cc1. The van der Waals surface area contributed by atoms with Crippen molar-refractivity contribution in [1.29, 1.82) is 0 Å². The second kappa shape index (κ2) is 9.51. The largest absolute Gasteiger partial charge is 0.497 e. The number of hydrogen-bond acceptors (Lipinski definition) is 6. The van der Waals surface area contributed by atoms with E-state index < -0.39 is 10.1 Å². The molecule has 0 saturated carbocycles. The van der Waals surface area contributed by atoms with Crippen LogP contribution in [0.2, 0.25) is 0 Å². The summed E-state index contributed by atoms with van der Waals surface area (Å²) in [5.74, 6) is 1.12. The standard InChI is InChI=1S/C24H25NO5S/c1-28-21-11-7-19(8-12-21)17-25-15-16-29-24(18-25)20-9-13-22(14-10-20)30-31(26,27)23-5-3-2-4-6-23/h2-14,24H,15-18H2,1H3/t24-/m1/s1. The Hall–Kier alpha value is -2.87. The number of morpholine rings is 1. The lowest BCUT2D eigenvalue weighted by Gasteiger charge is -2.33. The van der Waals surface area contributed by atoms with Crippen molar-refractivity contribution in [2.24, 2.45) is 0 Å². The highest BCUT2D eigenvalue weighted by molar-refractivity contribution is 7.87. The number of ether oxygens (including phenoxy) is 2. The van der Waals surface area contributed by atoms with Crippen molar-refractivity contribution in [3.63, 3.8) is 0 Å². The Balaban J connectivity index is 1.39. The zero-order valence-electron chi connectivity index (χ0n) is 17.3. The Labute approximate surface area is 183 Å². The van der Waals surface area contributed by atoms with E-state index in [1.807, 2.05) is 24.3 Å². The summed E-state index contributed by atoms with van der Waals surface area (Å²) in [6.45, 7) is 3.09. The molecule has 7 heteroatoms. The van der Waals surface area contributed by atoms with Crippen LogP contribution in [0.15, 0.2) is 83.8 Å². The summed E-state index contributed by atoms with van der Waals surface area (Å²) in [6, 6.07) is 23.2. The first-order valence-corrected chi connectivity index (χ1v) is 11.5. The summed E-state index contributed by atoms with van der Waals surface area (Å²) in [6.07, 6.45) is -0.0771. The molecule has 0 bridgehead atoms. The van der Waals surface area contributed by atoms with Crippen LogP contribution in [0.3, 0.4) is 0 Å². The van der Waals surface area contributed by atoms with Gasteiger partial charge in [-0.05, 0) is 47.5 Å². The lowest BCUT2D eigenvalue weighted by molar-refractivity contribution is -0.0329. The summed E-state index contributed by atoms with van der Waals surface area (Å²) in [4.78, 5) is 2.48. The van der Waals surface area contributed by atoms with Gasteiger partial charge in [-0.3, -0.25) is 4.90 Å². The molecule has 1 fully saturated rings. The number of rotatable bonds is 7. The lowest BCUT2D eigenvalue weighted by Crippen LogP contribution is -2.37. The van der Waals surface area contributed by atoms with Gasteiger partial charge in [0.1, 0.15) is 16.4 Å². The molecule has 1 saturated heterocycles. The molecule has 0 aliphatic carbocycles. The average molecular weight is 440 g/mol. The molecule has 1 aliphatic heterocycles. The molecule has 162 valence electrons. The van der Waals surface area contributed by atoms with E-state index in [1.54, 1.807) is 37.4 Å². The maximum atomic E-state index is 12.4. The number of nitrogens with zero attached hydrogens (tertiary/aromatic N) is 1. The van der Waals surface area contributed by atoms with Gasteiger partial charge in [-0.25, -0.2) is 0 Å². The third-order valence-electron chi connectivity index (χ3n) is 5.21. The molecular weight excluding hydrogens is 414 g/mol. The smallest absolute Gasteiger partial charge is 0.339 e. The Morgan fingerprint density at radius 3 is 2.29 bits per heavy atom. The molecular formula is C24H25NO5S. The van der Waals surface area contributed by atoms with Gasteiger partial charge in [-0.15, -0.1) is 0 Å². The van der Waals surface area contributed by atoms with Crippen LogP contribution >= 0.6 is 0 Å². The predicted molar refractivity (Wildman–Crippen MR) is 118 cm³/mol.